The Labute approximate surface area is 156 Å². The molecule has 10 heteroatoms. The molecule has 0 saturated carbocycles. The first kappa shape index (κ1) is 21.6. The molecule has 0 aromatic carbocycles. The van der Waals surface area contributed by atoms with Gasteiger partial charge in [-0.15, -0.1) is 11.3 Å². The van der Waals surface area contributed by atoms with E-state index < -0.39 is 6.03 Å². The van der Waals surface area contributed by atoms with Gasteiger partial charge >= 0.3 is 6.03 Å². The number of likely N-dealkylation sites (N-methyl/N-ethyl adjacent to an activating group) is 2. The molecular formula is C16H24N4O5S. The van der Waals surface area contributed by atoms with Crippen LogP contribution in [0.25, 0.3) is 0 Å². The highest BCUT2D eigenvalue weighted by atomic mass is 32.1. The molecule has 1 fully saturated rings. The summed E-state index contributed by atoms with van der Waals surface area (Å²) in [5, 5.41) is 11.7. The van der Waals surface area contributed by atoms with Crippen molar-refractivity contribution in [3.8, 4) is 0 Å². The number of amides is 4. The van der Waals surface area contributed by atoms with Crippen molar-refractivity contribution in [2.45, 2.75) is 13.0 Å². The molecule has 4 amide bonds. The number of carbonyl (C=O) groups is 4. The highest BCUT2D eigenvalue weighted by molar-refractivity contribution is 7.10. The van der Waals surface area contributed by atoms with Crippen LogP contribution in [0.2, 0.25) is 0 Å². The van der Waals surface area contributed by atoms with Crippen molar-refractivity contribution < 1.29 is 24.3 Å². The molecule has 2 rings (SSSR count). The number of nitrogens with one attached hydrogen (secondary N) is 1. The summed E-state index contributed by atoms with van der Waals surface area (Å²) in [6, 6.07) is 1.69. The van der Waals surface area contributed by atoms with Gasteiger partial charge in [0.05, 0.1) is 6.04 Å². The molecule has 9 nitrogen and oxygen atoms in total. The average Bonchev–Trinajstić information content (AvgIpc) is 3.07. The van der Waals surface area contributed by atoms with Crippen LogP contribution in [-0.2, 0) is 14.4 Å². The lowest BCUT2D eigenvalue weighted by atomic mass is 10.1. The molecule has 0 spiro atoms. The van der Waals surface area contributed by atoms with E-state index in [-0.39, 0.29) is 37.4 Å². The lowest BCUT2D eigenvalue weighted by Gasteiger charge is -2.25. The summed E-state index contributed by atoms with van der Waals surface area (Å²) >= 11 is 1.65. The molecule has 1 unspecified atom stereocenters. The Bertz CT molecular complexity index is 661. The van der Waals surface area contributed by atoms with Gasteiger partial charge in [-0.1, -0.05) is 0 Å². The van der Waals surface area contributed by atoms with Gasteiger partial charge in [-0.3, -0.25) is 19.3 Å². The fourth-order valence-electron chi connectivity index (χ4n) is 2.47. The fraction of sp³-hybridized carbons (Fsp3) is 0.500. The summed E-state index contributed by atoms with van der Waals surface area (Å²) in [5.41, 5.74) is 1.19. The largest absolute Gasteiger partial charge is 0.483 e. The number of carbonyl (C=O) groups excluding carboxylic acids is 3. The number of urea groups is 1. The van der Waals surface area contributed by atoms with Gasteiger partial charge in [0, 0.05) is 18.5 Å². The molecule has 0 aliphatic carbocycles. The fourth-order valence-corrected chi connectivity index (χ4v) is 3.59. The van der Waals surface area contributed by atoms with Gasteiger partial charge in [-0.05, 0) is 38.0 Å². The second kappa shape index (κ2) is 9.88. The lowest BCUT2D eigenvalue weighted by molar-refractivity contribution is -0.130. The maximum absolute atomic E-state index is 12.1. The predicted molar refractivity (Wildman–Crippen MR) is 96.9 cm³/mol. The van der Waals surface area contributed by atoms with Crippen molar-refractivity contribution in [2.24, 2.45) is 0 Å². The first-order chi connectivity index (χ1) is 12.2. The van der Waals surface area contributed by atoms with Gasteiger partial charge in [0.15, 0.2) is 0 Å². The lowest BCUT2D eigenvalue weighted by Crippen LogP contribution is -2.43. The second-order valence-corrected chi connectivity index (χ2v) is 6.92. The van der Waals surface area contributed by atoms with Crippen molar-refractivity contribution in [1.29, 1.82) is 0 Å². The van der Waals surface area contributed by atoms with E-state index in [1.807, 2.05) is 31.3 Å². The van der Waals surface area contributed by atoms with Crippen LogP contribution >= 0.6 is 11.3 Å². The topological polar surface area (TPSA) is 110 Å². The highest BCUT2D eigenvalue weighted by Crippen LogP contribution is 2.26. The molecule has 1 aliphatic heterocycles. The maximum atomic E-state index is 12.1. The number of imide groups is 1. The Morgan fingerprint density at radius 2 is 2.08 bits per heavy atom. The predicted octanol–water partition coefficient (Wildman–Crippen LogP) is 0.370. The van der Waals surface area contributed by atoms with Crippen LogP contribution in [0.1, 0.15) is 16.5 Å². The molecule has 1 aliphatic rings. The van der Waals surface area contributed by atoms with Crippen molar-refractivity contribution >= 4 is 35.7 Å². The molecule has 1 aromatic heterocycles. The van der Waals surface area contributed by atoms with Gasteiger partial charge in [-0.2, -0.15) is 0 Å². The zero-order valence-electron chi connectivity index (χ0n) is 15.3. The van der Waals surface area contributed by atoms with Crippen molar-refractivity contribution in [3.63, 3.8) is 0 Å². The molecule has 1 saturated heterocycles. The van der Waals surface area contributed by atoms with E-state index in [2.05, 4.69) is 11.4 Å². The Balaban J connectivity index is 0.00000105. The van der Waals surface area contributed by atoms with Gasteiger partial charge < -0.3 is 20.2 Å². The monoisotopic (exact) mass is 384 g/mol. The van der Waals surface area contributed by atoms with Gasteiger partial charge in [0.25, 0.3) is 12.4 Å². The van der Waals surface area contributed by atoms with E-state index in [0.717, 1.165) is 4.90 Å². The van der Waals surface area contributed by atoms with Crippen LogP contribution in [0, 0.1) is 6.92 Å². The number of aryl methyl sites for hydroxylation is 1. The summed E-state index contributed by atoms with van der Waals surface area (Å²) in [6.07, 6.45) is 0. The summed E-state index contributed by atoms with van der Waals surface area (Å²) in [4.78, 5) is 49.4. The van der Waals surface area contributed by atoms with Crippen molar-refractivity contribution in [2.75, 3.05) is 40.8 Å². The molecule has 2 N–H and O–H groups in total. The van der Waals surface area contributed by atoms with Crippen LogP contribution < -0.4 is 5.32 Å². The van der Waals surface area contributed by atoms with Crippen LogP contribution in [0.4, 0.5) is 4.79 Å². The van der Waals surface area contributed by atoms with Crippen LogP contribution in [-0.4, -0.2) is 84.9 Å². The summed E-state index contributed by atoms with van der Waals surface area (Å²) < 4.78 is 0. The molecule has 0 bridgehead atoms. The van der Waals surface area contributed by atoms with E-state index in [1.54, 1.807) is 18.4 Å². The Kier molecular flexibility index (Phi) is 8.20. The first-order valence-electron chi connectivity index (χ1n) is 7.83. The molecule has 0 radical (unpaired) electrons. The standard InChI is InChI=1S/C15H22N4O3S.CH2O2/c1-10-5-6-23-14(10)11(17(2)3)7-16-12(20)8-19-13(21)9-18(4)15(19)22;2-1-3/h5-6,11H,7-9H2,1-4H3,(H,16,20);1H,(H,2,3). The summed E-state index contributed by atoms with van der Waals surface area (Å²) in [7, 11) is 5.46. The molecular weight excluding hydrogens is 360 g/mol. The Hall–Kier alpha value is -2.46. The van der Waals surface area contributed by atoms with Crippen molar-refractivity contribution in [1.82, 2.24) is 20.0 Å². The highest BCUT2D eigenvalue weighted by Gasteiger charge is 2.34. The molecule has 1 atom stereocenters. The number of hydrogen-bond acceptors (Lipinski definition) is 6. The quantitative estimate of drug-likeness (QED) is 0.542. The first-order valence-corrected chi connectivity index (χ1v) is 8.71. The molecule has 1 aromatic rings. The SMILES string of the molecule is Cc1ccsc1C(CNC(=O)CN1C(=O)CN(C)C1=O)N(C)C.O=CO. The van der Waals surface area contributed by atoms with E-state index >= 15 is 0 Å². The van der Waals surface area contributed by atoms with Gasteiger partial charge in [0.2, 0.25) is 5.91 Å². The van der Waals surface area contributed by atoms with E-state index in [9.17, 15) is 14.4 Å². The maximum Gasteiger partial charge on any atom is 0.327 e. The Morgan fingerprint density at radius 1 is 1.46 bits per heavy atom. The third-order valence-corrected chi connectivity index (χ3v) is 4.97. The number of nitrogens with zero attached hydrogens (tertiary/aromatic N) is 3. The minimum atomic E-state index is -0.427. The number of thiophene rings is 1. The average molecular weight is 384 g/mol. The van der Waals surface area contributed by atoms with E-state index in [1.165, 1.54) is 15.3 Å². The van der Waals surface area contributed by atoms with Crippen LogP contribution in [0.15, 0.2) is 11.4 Å². The zero-order chi connectivity index (χ0) is 19.9. The summed E-state index contributed by atoms with van der Waals surface area (Å²) in [5.74, 6) is -0.672. The van der Waals surface area contributed by atoms with E-state index in [0.29, 0.717) is 6.54 Å². The van der Waals surface area contributed by atoms with Crippen molar-refractivity contribution in [3.05, 3.63) is 21.9 Å². The zero-order valence-corrected chi connectivity index (χ0v) is 16.1. The van der Waals surface area contributed by atoms with Gasteiger partial charge in [-0.25, -0.2) is 4.79 Å². The number of hydrogen-bond donors (Lipinski definition) is 2. The third-order valence-electron chi connectivity index (χ3n) is 3.85. The van der Waals surface area contributed by atoms with E-state index in [4.69, 9.17) is 9.90 Å². The molecule has 2 heterocycles. The minimum Gasteiger partial charge on any atom is -0.483 e. The number of carboxylic acid groups (broad SMARTS) is 1. The summed E-state index contributed by atoms with van der Waals surface area (Å²) in [6.45, 7) is 2.02. The van der Waals surface area contributed by atoms with Crippen LogP contribution in [0.5, 0.6) is 0 Å². The normalized spacial score (nSPS) is 15.0. The Morgan fingerprint density at radius 3 is 2.50 bits per heavy atom. The molecule has 26 heavy (non-hydrogen) atoms. The second-order valence-electron chi connectivity index (χ2n) is 5.98. The van der Waals surface area contributed by atoms with Gasteiger partial charge in [0.1, 0.15) is 13.1 Å². The van der Waals surface area contributed by atoms with Crippen LogP contribution in [0.3, 0.4) is 0 Å². The molecule has 144 valence electrons. The number of rotatable bonds is 6. The third kappa shape index (κ3) is 5.53. The smallest absolute Gasteiger partial charge is 0.327 e. The minimum absolute atomic E-state index is 0.0286.